The minimum atomic E-state index is -0.308. The number of benzene rings is 1. The van der Waals surface area contributed by atoms with E-state index in [-0.39, 0.29) is 5.82 Å². The van der Waals surface area contributed by atoms with Gasteiger partial charge < -0.3 is 5.73 Å². The average Bonchev–Trinajstić information content (AvgIpc) is 2.66. The third-order valence-electron chi connectivity index (χ3n) is 2.77. The van der Waals surface area contributed by atoms with Crippen molar-refractivity contribution in [2.75, 3.05) is 5.73 Å². The van der Waals surface area contributed by atoms with Crippen LogP contribution in [0.2, 0.25) is 0 Å². The second-order valence-corrected chi connectivity index (χ2v) is 6.11. The zero-order valence-corrected chi connectivity index (χ0v) is 12.7. The molecule has 0 saturated carbocycles. The van der Waals surface area contributed by atoms with E-state index < -0.39 is 0 Å². The van der Waals surface area contributed by atoms with E-state index in [0.29, 0.717) is 15.0 Å². The largest absolute Gasteiger partial charge is 0.397 e. The summed E-state index contributed by atoms with van der Waals surface area (Å²) in [5.74, 6) is -0.308. The minimum absolute atomic E-state index is 0.308. The molecule has 0 aliphatic heterocycles. The van der Waals surface area contributed by atoms with Crippen molar-refractivity contribution >= 4 is 33.0 Å². The fourth-order valence-electron chi connectivity index (χ4n) is 1.98. The van der Waals surface area contributed by atoms with Gasteiger partial charge in [0.1, 0.15) is 16.8 Å². The van der Waals surface area contributed by atoms with Crippen molar-refractivity contribution in [1.82, 2.24) is 0 Å². The normalized spacial score (nSPS) is 10.4. The van der Waals surface area contributed by atoms with Crippen molar-refractivity contribution in [1.29, 1.82) is 5.26 Å². The number of thiophene rings is 1. The highest BCUT2D eigenvalue weighted by Gasteiger charge is 2.17. The predicted octanol–water partition coefficient (Wildman–Crippen LogP) is 4.72. The van der Waals surface area contributed by atoms with Gasteiger partial charge in [-0.15, -0.1) is 11.3 Å². The maximum Gasteiger partial charge on any atom is 0.128 e. The molecule has 0 radical (unpaired) electrons. The number of nitrogens with two attached hydrogens (primary N) is 1. The Balaban J connectivity index is 2.64. The van der Waals surface area contributed by atoms with Crippen molar-refractivity contribution in [3.8, 4) is 16.5 Å². The summed E-state index contributed by atoms with van der Waals surface area (Å²) in [6, 6.07) is 6.82. The lowest BCUT2D eigenvalue weighted by Gasteiger charge is -2.05. The highest BCUT2D eigenvalue weighted by Crippen LogP contribution is 2.40. The summed E-state index contributed by atoms with van der Waals surface area (Å²) in [6.07, 6.45) is 1.71. The van der Waals surface area contributed by atoms with Crippen LogP contribution in [0.3, 0.4) is 0 Å². The van der Waals surface area contributed by atoms with E-state index in [0.717, 1.165) is 28.8 Å². The number of halogens is 2. The quantitative estimate of drug-likeness (QED) is 0.879. The van der Waals surface area contributed by atoms with Gasteiger partial charge in [-0.1, -0.05) is 29.3 Å². The van der Waals surface area contributed by atoms with Gasteiger partial charge in [0.2, 0.25) is 0 Å². The van der Waals surface area contributed by atoms with Crippen molar-refractivity contribution in [2.24, 2.45) is 0 Å². The summed E-state index contributed by atoms with van der Waals surface area (Å²) in [7, 11) is 0. The lowest BCUT2D eigenvalue weighted by Crippen LogP contribution is -1.93. The van der Waals surface area contributed by atoms with E-state index in [9.17, 15) is 4.39 Å². The Hall–Kier alpha value is -1.38. The van der Waals surface area contributed by atoms with Gasteiger partial charge in [-0.05, 0) is 35.7 Å². The molecule has 0 spiro atoms. The summed E-state index contributed by atoms with van der Waals surface area (Å²) < 4.78 is 14.2. The SMILES string of the molecule is CCCc1c(-c2cc(F)cc(Br)c2)sc(C#N)c1N. The summed E-state index contributed by atoms with van der Waals surface area (Å²) in [4.78, 5) is 1.38. The Labute approximate surface area is 123 Å². The van der Waals surface area contributed by atoms with Crippen molar-refractivity contribution in [3.05, 3.63) is 38.9 Å². The fourth-order valence-corrected chi connectivity index (χ4v) is 3.50. The van der Waals surface area contributed by atoms with Crippen molar-refractivity contribution in [3.63, 3.8) is 0 Å². The molecule has 1 aromatic heterocycles. The molecule has 0 amide bonds. The molecule has 1 heterocycles. The van der Waals surface area contributed by atoms with Crippen LogP contribution in [-0.2, 0) is 6.42 Å². The van der Waals surface area contributed by atoms with Crippen LogP contribution < -0.4 is 5.73 Å². The molecule has 0 fully saturated rings. The maximum absolute atomic E-state index is 13.5. The van der Waals surface area contributed by atoms with Crippen LogP contribution in [0.15, 0.2) is 22.7 Å². The van der Waals surface area contributed by atoms with Crippen molar-refractivity contribution < 1.29 is 4.39 Å². The molecule has 2 rings (SSSR count). The molecule has 0 unspecified atom stereocenters. The first-order valence-electron chi connectivity index (χ1n) is 5.84. The van der Waals surface area contributed by atoms with E-state index in [1.807, 2.05) is 6.07 Å². The Morgan fingerprint density at radius 3 is 2.74 bits per heavy atom. The van der Waals surface area contributed by atoms with Crippen LogP contribution in [0.1, 0.15) is 23.8 Å². The maximum atomic E-state index is 13.5. The van der Waals surface area contributed by atoms with E-state index in [4.69, 9.17) is 11.0 Å². The third-order valence-corrected chi connectivity index (χ3v) is 4.43. The summed E-state index contributed by atoms with van der Waals surface area (Å²) in [5.41, 5.74) is 8.23. The summed E-state index contributed by atoms with van der Waals surface area (Å²) in [5, 5.41) is 9.08. The van der Waals surface area contributed by atoms with E-state index in [2.05, 4.69) is 28.9 Å². The van der Waals surface area contributed by atoms with Gasteiger partial charge in [0.25, 0.3) is 0 Å². The predicted molar refractivity (Wildman–Crippen MR) is 80.5 cm³/mol. The van der Waals surface area contributed by atoms with Gasteiger partial charge >= 0.3 is 0 Å². The number of hydrogen-bond donors (Lipinski definition) is 1. The number of nitriles is 1. The Morgan fingerprint density at radius 2 is 2.16 bits per heavy atom. The molecule has 5 heteroatoms. The molecule has 2 aromatic rings. The van der Waals surface area contributed by atoms with E-state index in [1.54, 1.807) is 0 Å². The van der Waals surface area contributed by atoms with E-state index in [1.165, 1.54) is 23.5 Å². The summed E-state index contributed by atoms with van der Waals surface area (Å²) in [6.45, 7) is 2.05. The van der Waals surface area contributed by atoms with Crippen LogP contribution in [0.25, 0.3) is 10.4 Å². The van der Waals surface area contributed by atoms with Gasteiger partial charge in [0, 0.05) is 9.35 Å². The molecular formula is C14H12BrFN2S. The molecule has 0 aliphatic rings. The average molecular weight is 339 g/mol. The number of anilines is 1. The highest BCUT2D eigenvalue weighted by atomic mass is 79.9. The Morgan fingerprint density at radius 1 is 1.42 bits per heavy atom. The van der Waals surface area contributed by atoms with Gasteiger partial charge in [0.15, 0.2) is 0 Å². The molecule has 0 aliphatic carbocycles. The molecule has 2 N–H and O–H groups in total. The van der Waals surface area contributed by atoms with Crippen LogP contribution in [0.5, 0.6) is 0 Å². The first-order chi connectivity index (χ1) is 9.06. The number of nitrogen functional groups attached to an aromatic ring is 1. The molecule has 19 heavy (non-hydrogen) atoms. The fraction of sp³-hybridized carbons (Fsp3) is 0.214. The Kier molecular flexibility index (Phi) is 4.23. The Bertz CT molecular complexity index is 638. The van der Waals surface area contributed by atoms with E-state index >= 15 is 0 Å². The van der Waals surface area contributed by atoms with Crippen LogP contribution in [0.4, 0.5) is 10.1 Å². The molecular weight excluding hydrogens is 327 g/mol. The monoisotopic (exact) mass is 338 g/mol. The molecule has 0 bridgehead atoms. The molecule has 2 nitrogen and oxygen atoms in total. The van der Waals surface area contributed by atoms with Gasteiger partial charge in [-0.25, -0.2) is 4.39 Å². The highest BCUT2D eigenvalue weighted by molar-refractivity contribution is 9.10. The number of nitrogens with zero attached hydrogens (tertiary/aromatic N) is 1. The third kappa shape index (κ3) is 2.80. The van der Waals surface area contributed by atoms with Crippen LogP contribution in [-0.4, -0.2) is 0 Å². The minimum Gasteiger partial charge on any atom is -0.397 e. The first kappa shape index (κ1) is 14.0. The second-order valence-electron chi connectivity index (χ2n) is 4.17. The topological polar surface area (TPSA) is 49.8 Å². The number of hydrogen-bond acceptors (Lipinski definition) is 3. The standard InChI is InChI=1S/C14H12BrFN2S/c1-2-3-11-13(18)12(7-17)19-14(11)8-4-9(15)6-10(16)5-8/h4-6H,2-3,18H2,1H3. The molecule has 1 aromatic carbocycles. The van der Waals surface area contributed by atoms with Gasteiger partial charge in [0.05, 0.1) is 5.69 Å². The number of rotatable bonds is 3. The van der Waals surface area contributed by atoms with Crippen LogP contribution >= 0.6 is 27.3 Å². The lowest BCUT2D eigenvalue weighted by molar-refractivity contribution is 0.627. The molecule has 98 valence electrons. The van der Waals surface area contributed by atoms with Crippen molar-refractivity contribution in [2.45, 2.75) is 19.8 Å². The first-order valence-corrected chi connectivity index (χ1v) is 7.45. The summed E-state index contributed by atoms with van der Waals surface area (Å²) >= 11 is 4.61. The van der Waals surface area contributed by atoms with Gasteiger partial charge in [-0.2, -0.15) is 5.26 Å². The van der Waals surface area contributed by atoms with Crippen LogP contribution in [0, 0.1) is 17.1 Å². The second kappa shape index (κ2) is 5.72. The smallest absolute Gasteiger partial charge is 0.128 e. The lowest BCUT2D eigenvalue weighted by atomic mass is 10.0. The van der Waals surface area contributed by atoms with Gasteiger partial charge in [-0.3, -0.25) is 0 Å². The molecule has 0 atom stereocenters. The zero-order chi connectivity index (χ0) is 14.0. The zero-order valence-electron chi connectivity index (χ0n) is 10.3. The molecule has 0 saturated heterocycles.